The van der Waals surface area contributed by atoms with E-state index in [2.05, 4.69) is 35.6 Å². The zero-order chi connectivity index (χ0) is 13.5. The molecule has 0 saturated heterocycles. The first-order chi connectivity index (χ1) is 9.29. The number of rotatable bonds is 6. The van der Waals surface area contributed by atoms with Gasteiger partial charge in [-0.1, -0.05) is 37.3 Å². The van der Waals surface area contributed by atoms with Gasteiger partial charge in [-0.25, -0.2) is 0 Å². The molecule has 1 N–H and O–H groups in total. The van der Waals surface area contributed by atoms with Crippen LogP contribution in [0.5, 0.6) is 0 Å². The molecule has 1 aliphatic carbocycles. The van der Waals surface area contributed by atoms with Crippen molar-refractivity contribution in [2.45, 2.75) is 44.6 Å². The molecule has 0 aromatic heterocycles. The van der Waals surface area contributed by atoms with Crippen LogP contribution in [-0.4, -0.2) is 28.3 Å². The maximum atomic E-state index is 11.4. The third-order valence-electron chi connectivity index (χ3n) is 4.08. The molecule has 1 atom stereocenters. The predicted molar refractivity (Wildman–Crippen MR) is 83.0 cm³/mol. The summed E-state index contributed by atoms with van der Waals surface area (Å²) in [6.07, 6.45) is 5.05. The van der Waals surface area contributed by atoms with Crippen molar-refractivity contribution in [1.29, 1.82) is 0 Å². The van der Waals surface area contributed by atoms with E-state index in [4.69, 9.17) is 0 Å². The average Bonchev–Trinajstić information content (AvgIpc) is 2.48. The SMILES string of the molecule is CCS(=O)CCNC1CCC(c2ccccc2)CC1. The third-order valence-corrected chi connectivity index (χ3v) is 5.39. The molecule has 0 spiro atoms. The van der Waals surface area contributed by atoms with E-state index in [1.165, 1.54) is 31.2 Å². The summed E-state index contributed by atoms with van der Waals surface area (Å²) in [6, 6.07) is 11.5. The first-order valence-electron chi connectivity index (χ1n) is 7.43. The fourth-order valence-electron chi connectivity index (χ4n) is 2.88. The number of benzene rings is 1. The van der Waals surface area contributed by atoms with Crippen LogP contribution >= 0.6 is 0 Å². The number of hydrogen-bond donors (Lipinski definition) is 1. The van der Waals surface area contributed by atoms with Gasteiger partial charge >= 0.3 is 0 Å². The standard InChI is InChI=1S/C16H25NOS/c1-2-19(18)13-12-17-16-10-8-15(9-11-16)14-6-4-3-5-7-14/h3-7,15-17H,2,8-13H2,1H3. The minimum atomic E-state index is -0.631. The second-order valence-electron chi connectivity index (χ2n) is 5.35. The molecule has 0 heterocycles. The van der Waals surface area contributed by atoms with E-state index in [1.807, 2.05) is 6.92 Å². The molecule has 2 nitrogen and oxygen atoms in total. The molecule has 3 heteroatoms. The van der Waals surface area contributed by atoms with Gasteiger partial charge in [0.1, 0.15) is 0 Å². The third kappa shape index (κ3) is 4.73. The average molecular weight is 279 g/mol. The summed E-state index contributed by atoms with van der Waals surface area (Å²) < 4.78 is 11.4. The van der Waals surface area contributed by atoms with E-state index in [-0.39, 0.29) is 0 Å². The van der Waals surface area contributed by atoms with Crippen molar-refractivity contribution in [3.8, 4) is 0 Å². The van der Waals surface area contributed by atoms with Gasteiger partial charge in [-0.15, -0.1) is 0 Å². The Morgan fingerprint density at radius 2 is 1.84 bits per heavy atom. The van der Waals surface area contributed by atoms with Gasteiger partial charge in [0.25, 0.3) is 0 Å². The molecule has 1 unspecified atom stereocenters. The fraction of sp³-hybridized carbons (Fsp3) is 0.625. The Bertz CT molecular complexity index is 385. The van der Waals surface area contributed by atoms with Gasteiger partial charge in [-0.05, 0) is 37.2 Å². The normalized spacial score (nSPS) is 25.1. The first kappa shape index (κ1) is 14.7. The van der Waals surface area contributed by atoms with Crippen molar-refractivity contribution >= 4 is 10.8 Å². The molecule has 0 radical (unpaired) electrons. The lowest BCUT2D eigenvalue weighted by Crippen LogP contribution is -2.35. The molecular weight excluding hydrogens is 254 g/mol. The van der Waals surface area contributed by atoms with Gasteiger partial charge in [-0.2, -0.15) is 0 Å². The minimum Gasteiger partial charge on any atom is -0.313 e. The number of nitrogens with one attached hydrogen (secondary N) is 1. The van der Waals surface area contributed by atoms with E-state index in [0.29, 0.717) is 6.04 Å². The van der Waals surface area contributed by atoms with Gasteiger partial charge in [0.05, 0.1) is 0 Å². The van der Waals surface area contributed by atoms with E-state index in [9.17, 15) is 4.21 Å². The van der Waals surface area contributed by atoms with Crippen molar-refractivity contribution in [3.05, 3.63) is 35.9 Å². The summed E-state index contributed by atoms with van der Waals surface area (Å²) in [6.45, 7) is 2.89. The molecule has 1 aromatic carbocycles. The monoisotopic (exact) mass is 279 g/mol. The van der Waals surface area contributed by atoms with E-state index >= 15 is 0 Å². The summed E-state index contributed by atoms with van der Waals surface area (Å²) >= 11 is 0. The van der Waals surface area contributed by atoms with Gasteiger partial charge in [0.2, 0.25) is 0 Å². The molecule has 106 valence electrons. The van der Waals surface area contributed by atoms with Crippen molar-refractivity contribution in [3.63, 3.8) is 0 Å². The lowest BCUT2D eigenvalue weighted by atomic mass is 9.82. The van der Waals surface area contributed by atoms with Crippen LogP contribution in [0.2, 0.25) is 0 Å². The van der Waals surface area contributed by atoms with Crippen molar-refractivity contribution in [1.82, 2.24) is 5.32 Å². The van der Waals surface area contributed by atoms with Crippen LogP contribution in [0.3, 0.4) is 0 Å². The molecule has 2 rings (SSSR count). The predicted octanol–water partition coefficient (Wildman–Crippen LogP) is 3.07. The van der Waals surface area contributed by atoms with Crippen LogP contribution in [0.15, 0.2) is 30.3 Å². The Balaban J connectivity index is 1.69. The molecule has 0 bridgehead atoms. The van der Waals surface area contributed by atoms with Gasteiger partial charge < -0.3 is 5.32 Å². The van der Waals surface area contributed by atoms with Crippen molar-refractivity contribution < 1.29 is 4.21 Å². The zero-order valence-corrected chi connectivity index (χ0v) is 12.6. The van der Waals surface area contributed by atoms with Crippen LogP contribution in [0.4, 0.5) is 0 Å². The maximum Gasteiger partial charge on any atom is 0.0360 e. The summed E-state index contributed by atoms with van der Waals surface area (Å²) in [5.41, 5.74) is 1.49. The topological polar surface area (TPSA) is 29.1 Å². The summed E-state index contributed by atoms with van der Waals surface area (Å²) in [5.74, 6) is 2.32. The summed E-state index contributed by atoms with van der Waals surface area (Å²) in [5, 5.41) is 3.57. The second kappa shape index (κ2) is 7.81. The van der Waals surface area contributed by atoms with Crippen LogP contribution in [0, 0.1) is 0 Å². The highest BCUT2D eigenvalue weighted by Crippen LogP contribution is 2.32. The first-order valence-corrected chi connectivity index (χ1v) is 8.91. The molecule has 1 aromatic rings. The molecular formula is C16H25NOS. The van der Waals surface area contributed by atoms with Gasteiger partial charge in [-0.3, -0.25) is 4.21 Å². The summed E-state index contributed by atoms with van der Waals surface area (Å²) in [4.78, 5) is 0. The lowest BCUT2D eigenvalue weighted by Gasteiger charge is -2.29. The van der Waals surface area contributed by atoms with Gasteiger partial charge in [0, 0.05) is 34.9 Å². The largest absolute Gasteiger partial charge is 0.313 e. The molecule has 1 fully saturated rings. The van der Waals surface area contributed by atoms with Crippen molar-refractivity contribution in [2.24, 2.45) is 0 Å². The van der Waals surface area contributed by atoms with Crippen LogP contribution in [0.25, 0.3) is 0 Å². The van der Waals surface area contributed by atoms with Crippen molar-refractivity contribution in [2.75, 3.05) is 18.1 Å². The van der Waals surface area contributed by atoms with Crippen LogP contribution < -0.4 is 5.32 Å². The maximum absolute atomic E-state index is 11.4. The molecule has 0 amide bonds. The Labute approximate surface area is 119 Å². The molecule has 19 heavy (non-hydrogen) atoms. The Morgan fingerprint density at radius 3 is 2.47 bits per heavy atom. The minimum absolute atomic E-state index is 0.631. The van der Waals surface area contributed by atoms with Crippen LogP contribution in [0.1, 0.15) is 44.1 Å². The second-order valence-corrected chi connectivity index (χ2v) is 7.21. The van der Waals surface area contributed by atoms with E-state index in [0.717, 1.165) is 24.0 Å². The smallest absolute Gasteiger partial charge is 0.0360 e. The van der Waals surface area contributed by atoms with Gasteiger partial charge in [0.15, 0.2) is 0 Å². The Kier molecular flexibility index (Phi) is 6.05. The molecule has 0 aliphatic heterocycles. The lowest BCUT2D eigenvalue weighted by molar-refractivity contribution is 0.348. The summed E-state index contributed by atoms with van der Waals surface area (Å²) in [7, 11) is -0.631. The van der Waals surface area contributed by atoms with Crippen LogP contribution in [-0.2, 0) is 10.8 Å². The highest BCUT2D eigenvalue weighted by molar-refractivity contribution is 7.84. The van der Waals surface area contributed by atoms with E-state index < -0.39 is 10.8 Å². The van der Waals surface area contributed by atoms with E-state index in [1.54, 1.807) is 0 Å². The quantitative estimate of drug-likeness (QED) is 0.867. The zero-order valence-electron chi connectivity index (χ0n) is 11.8. The highest BCUT2D eigenvalue weighted by atomic mass is 32.2. The fourth-order valence-corrected chi connectivity index (χ4v) is 3.51. The Morgan fingerprint density at radius 1 is 1.16 bits per heavy atom. The highest BCUT2D eigenvalue weighted by Gasteiger charge is 2.21. The Hall–Kier alpha value is -0.670. The molecule has 1 saturated carbocycles. The number of hydrogen-bond acceptors (Lipinski definition) is 2. The molecule has 1 aliphatic rings.